The summed E-state index contributed by atoms with van der Waals surface area (Å²) in [5, 5.41) is 20.3. The van der Waals surface area contributed by atoms with Crippen molar-refractivity contribution in [3.8, 4) is 17.5 Å². The lowest BCUT2D eigenvalue weighted by Gasteiger charge is -2.16. The third-order valence-electron chi connectivity index (χ3n) is 4.35. The first-order valence-corrected chi connectivity index (χ1v) is 7.74. The highest BCUT2D eigenvalue weighted by Crippen LogP contribution is 2.39. The number of para-hydroxylation sites is 1. The van der Waals surface area contributed by atoms with Gasteiger partial charge < -0.3 is 14.4 Å². The van der Waals surface area contributed by atoms with Gasteiger partial charge in [-0.2, -0.15) is 5.26 Å². The molecule has 1 aliphatic heterocycles. The number of rotatable bonds is 2. The van der Waals surface area contributed by atoms with Gasteiger partial charge in [0, 0.05) is 17.7 Å². The minimum atomic E-state index is -0.0839. The number of fused-ring (bicyclic) bond motifs is 1. The second-order valence-corrected chi connectivity index (χ2v) is 5.75. The molecule has 4 nitrogen and oxygen atoms in total. The van der Waals surface area contributed by atoms with E-state index in [2.05, 4.69) is 10.6 Å². The molecular formula is C19H16N2O2. The predicted molar refractivity (Wildman–Crippen MR) is 87.6 cm³/mol. The van der Waals surface area contributed by atoms with Crippen LogP contribution in [-0.4, -0.2) is 16.3 Å². The molecule has 0 saturated carbocycles. The molecule has 3 aromatic rings. The number of hydrogen-bond donors (Lipinski definition) is 1. The second kappa shape index (κ2) is 5.45. The van der Waals surface area contributed by atoms with Gasteiger partial charge in [-0.25, -0.2) is 0 Å². The Morgan fingerprint density at radius 2 is 2.00 bits per heavy atom. The first kappa shape index (κ1) is 13.9. The van der Waals surface area contributed by atoms with Crippen molar-refractivity contribution >= 4 is 10.9 Å². The number of nitriles is 1. The molecule has 4 rings (SSSR count). The third-order valence-corrected chi connectivity index (χ3v) is 4.35. The zero-order valence-corrected chi connectivity index (χ0v) is 12.6. The summed E-state index contributed by atoms with van der Waals surface area (Å²) >= 11 is 0. The van der Waals surface area contributed by atoms with Crippen LogP contribution < -0.4 is 0 Å². The number of hydrogen-bond acceptors (Lipinski definition) is 3. The van der Waals surface area contributed by atoms with Crippen molar-refractivity contribution in [2.45, 2.75) is 18.9 Å². The largest absolute Gasteiger partial charge is 0.508 e. The van der Waals surface area contributed by atoms with Gasteiger partial charge in [-0.1, -0.05) is 18.2 Å². The lowest BCUT2D eigenvalue weighted by molar-refractivity contribution is 0.107. The van der Waals surface area contributed by atoms with E-state index < -0.39 is 0 Å². The number of aromatic hydroxyl groups is 1. The zero-order chi connectivity index (χ0) is 15.8. The average Bonchev–Trinajstić information content (AvgIpc) is 3.20. The lowest BCUT2D eigenvalue weighted by Crippen LogP contribution is -2.07. The van der Waals surface area contributed by atoms with Crippen LogP contribution in [0.25, 0.3) is 16.6 Å². The van der Waals surface area contributed by atoms with Crippen LogP contribution in [0.2, 0.25) is 0 Å². The zero-order valence-electron chi connectivity index (χ0n) is 12.6. The Kier molecular flexibility index (Phi) is 3.29. The molecule has 4 heteroatoms. The normalized spacial score (nSPS) is 17.4. The molecular weight excluding hydrogens is 288 g/mol. The summed E-state index contributed by atoms with van der Waals surface area (Å²) in [5.74, 6) is 0.165. The Labute approximate surface area is 134 Å². The minimum Gasteiger partial charge on any atom is -0.508 e. The molecule has 0 bridgehead atoms. The molecule has 0 radical (unpaired) electrons. The van der Waals surface area contributed by atoms with Crippen LogP contribution in [-0.2, 0) is 4.74 Å². The van der Waals surface area contributed by atoms with E-state index in [1.54, 1.807) is 12.1 Å². The maximum Gasteiger partial charge on any atom is 0.116 e. The number of benzene rings is 2. The predicted octanol–water partition coefficient (Wildman–Crippen LogP) is 4.06. The third kappa shape index (κ3) is 2.18. The molecule has 1 aromatic heterocycles. The van der Waals surface area contributed by atoms with Gasteiger partial charge in [0.05, 0.1) is 22.9 Å². The van der Waals surface area contributed by atoms with Gasteiger partial charge in [0.1, 0.15) is 11.8 Å². The first-order chi connectivity index (χ1) is 11.3. The van der Waals surface area contributed by atoms with Gasteiger partial charge in [0.15, 0.2) is 0 Å². The van der Waals surface area contributed by atoms with Crippen LogP contribution in [0.5, 0.6) is 5.75 Å². The first-order valence-electron chi connectivity index (χ1n) is 7.74. The standard InChI is InChI=1S/C19H16N2O2/c20-12-16-15-11-14(22)8-9-17(15)21(13-5-2-1-3-6-13)19(16)18-7-4-10-23-18/h1-3,5-6,8-9,11,18,22H,4,7,10H2. The van der Waals surface area contributed by atoms with E-state index in [0.29, 0.717) is 5.56 Å². The van der Waals surface area contributed by atoms with Crippen molar-refractivity contribution in [1.29, 1.82) is 5.26 Å². The molecule has 0 spiro atoms. The molecule has 2 aromatic carbocycles. The van der Waals surface area contributed by atoms with Gasteiger partial charge in [-0.05, 0) is 43.2 Å². The van der Waals surface area contributed by atoms with E-state index in [0.717, 1.165) is 41.7 Å². The van der Waals surface area contributed by atoms with Crippen molar-refractivity contribution in [2.24, 2.45) is 0 Å². The Balaban J connectivity index is 2.09. The maximum absolute atomic E-state index is 9.84. The molecule has 1 saturated heterocycles. The highest BCUT2D eigenvalue weighted by atomic mass is 16.5. The summed E-state index contributed by atoms with van der Waals surface area (Å²) in [5.41, 5.74) is 3.38. The molecule has 0 amide bonds. The van der Waals surface area contributed by atoms with Gasteiger partial charge in [-0.3, -0.25) is 0 Å². The van der Waals surface area contributed by atoms with E-state index in [4.69, 9.17) is 4.74 Å². The average molecular weight is 304 g/mol. The van der Waals surface area contributed by atoms with Crippen molar-refractivity contribution in [3.05, 3.63) is 59.8 Å². The molecule has 2 heterocycles. The molecule has 1 atom stereocenters. The Hall–Kier alpha value is -2.77. The Bertz CT molecular complexity index is 901. The number of phenolic OH excluding ortho intramolecular Hbond substituents is 1. The highest BCUT2D eigenvalue weighted by Gasteiger charge is 2.28. The fourth-order valence-electron chi connectivity index (χ4n) is 3.37. The van der Waals surface area contributed by atoms with E-state index in [1.807, 2.05) is 36.4 Å². The van der Waals surface area contributed by atoms with E-state index >= 15 is 0 Å². The van der Waals surface area contributed by atoms with Crippen LogP contribution in [0.1, 0.15) is 30.2 Å². The molecule has 1 unspecified atom stereocenters. The van der Waals surface area contributed by atoms with Crippen LogP contribution in [0, 0.1) is 11.3 Å². The SMILES string of the molecule is N#Cc1c(C2CCCO2)n(-c2ccccc2)c2ccc(O)cc12. The van der Waals surface area contributed by atoms with Crippen molar-refractivity contribution in [2.75, 3.05) is 6.61 Å². The summed E-state index contributed by atoms with van der Waals surface area (Å²) in [7, 11) is 0. The summed E-state index contributed by atoms with van der Waals surface area (Å²) in [4.78, 5) is 0. The molecule has 0 aliphatic carbocycles. The quantitative estimate of drug-likeness (QED) is 0.776. The molecule has 1 N–H and O–H groups in total. The van der Waals surface area contributed by atoms with E-state index in [-0.39, 0.29) is 11.9 Å². The summed E-state index contributed by atoms with van der Waals surface area (Å²) < 4.78 is 7.96. The maximum atomic E-state index is 9.84. The summed E-state index contributed by atoms with van der Waals surface area (Å²) in [6.07, 6.45) is 1.82. The van der Waals surface area contributed by atoms with Crippen molar-refractivity contribution in [1.82, 2.24) is 4.57 Å². The fourth-order valence-corrected chi connectivity index (χ4v) is 3.37. The number of ether oxygens (including phenoxy) is 1. The molecule has 114 valence electrons. The van der Waals surface area contributed by atoms with Crippen LogP contribution in [0.15, 0.2) is 48.5 Å². The topological polar surface area (TPSA) is 58.2 Å². The minimum absolute atomic E-state index is 0.0839. The second-order valence-electron chi connectivity index (χ2n) is 5.75. The molecule has 1 aliphatic rings. The Morgan fingerprint density at radius 3 is 2.70 bits per heavy atom. The highest BCUT2D eigenvalue weighted by molar-refractivity contribution is 5.91. The number of aromatic nitrogens is 1. The number of nitrogens with zero attached hydrogens (tertiary/aromatic N) is 2. The van der Waals surface area contributed by atoms with Gasteiger partial charge in [-0.15, -0.1) is 0 Å². The summed E-state index contributed by atoms with van der Waals surface area (Å²) in [6, 6.07) is 17.5. The number of phenols is 1. The van der Waals surface area contributed by atoms with Gasteiger partial charge in [0.25, 0.3) is 0 Å². The summed E-state index contributed by atoms with van der Waals surface area (Å²) in [6.45, 7) is 0.719. The molecule has 23 heavy (non-hydrogen) atoms. The molecule has 1 fully saturated rings. The smallest absolute Gasteiger partial charge is 0.116 e. The lowest BCUT2D eigenvalue weighted by atomic mass is 10.1. The van der Waals surface area contributed by atoms with Gasteiger partial charge in [0.2, 0.25) is 0 Å². The fraction of sp³-hybridized carbons (Fsp3) is 0.211. The van der Waals surface area contributed by atoms with Gasteiger partial charge >= 0.3 is 0 Å². The Morgan fingerprint density at radius 1 is 1.17 bits per heavy atom. The van der Waals surface area contributed by atoms with E-state index in [9.17, 15) is 10.4 Å². The van der Waals surface area contributed by atoms with Crippen LogP contribution >= 0.6 is 0 Å². The monoisotopic (exact) mass is 304 g/mol. The van der Waals surface area contributed by atoms with E-state index in [1.165, 1.54) is 0 Å². The van der Waals surface area contributed by atoms with Crippen LogP contribution in [0.4, 0.5) is 0 Å². The van der Waals surface area contributed by atoms with Crippen molar-refractivity contribution < 1.29 is 9.84 Å². The van der Waals surface area contributed by atoms with Crippen molar-refractivity contribution in [3.63, 3.8) is 0 Å². The van der Waals surface area contributed by atoms with Crippen LogP contribution in [0.3, 0.4) is 0 Å².